The molecule has 0 aromatic carbocycles. The second-order valence-corrected chi connectivity index (χ2v) is 4.93. The van der Waals surface area contributed by atoms with Crippen LogP contribution < -0.4 is 0 Å². The first-order valence-corrected chi connectivity index (χ1v) is 5.29. The first-order chi connectivity index (χ1) is 7.67. The van der Waals surface area contributed by atoms with E-state index in [1.807, 2.05) is 0 Å². The number of aliphatic carboxylic acids is 1. The molecule has 3 fully saturated rings. The van der Waals surface area contributed by atoms with Crippen LogP contribution in [0.3, 0.4) is 0 Å². The fourth-order valence-corrected chi connectivity index (χ4v) is 3.03. The Kier molecular flexibility index (Phi) is 2.25. The zero-order valence-corrected chi connectivity index (χ0v) is 9.17. The minimum atomic E-state index is -5.01. The predicted molar refractivity (Wildman–Crippen MR) is 50.1 cm³/mol. The normalized spacial score (nSPS) is 35.6. The predicted octanol–water partition coefficient (Wildman–Crippen LogP) is 1.40. The Morgan fingerprint density at radius 2 is 1.88 bits per heavy atom. The molecule has 96 valence electrons. The van der Waals surface area contributed by atoms with E-state index >= 15 is 0 Å². The van der Waals surface area contributed by atoms with Crippen molar-refractivity contribution < 1.29 is 27.9 Å². The minimum Gasteiger partial charge on any atom is -0.479 e. The summed E-state index contributed by atoms with van der Waals surface area (Å²) in [7, 11) is 0. The zero-order valence-electron chi connectivity index (χ0n) is 9.17. The number of carboxylic acids is 1. The molecule has 0 radical (unpaired) electrons. The van der Waals surface area contributed by atoms with E-state index in [-0.39, 0.29) is 19.4 Å². The molecule has 1 N–H and O–H groups in total. The van der Waals surface area contributed by atoms with Crippen LogP contribution in [0.4, 0.5) is 13.2 Å². The van der Waals surface area contributed by atoms with E-state index in [4.69, 9.17) is 5.11 Å². The van der Waals surface area contributed by atoms with Crippen LogP contribution in [-0.4, -0.2) is 40.1 Å². The molecule has 0 atom stereocenters. The molecule has 2 bridgehead atoms. The Balaban J connectivity index is 2.30. The number of halogens is 3. The standard InChI is InChI=1S/C10H12F3NO3/c1-2-8-3-9(4-8,7(16)17)14(5-8)6(15)10(11,12)13/h2-5H2,1H3,(H,16,17). The van der Waals surface area contributed by atoms with Gasteiger partial charge in [-0.15, -0.1) is 0 Å². The number of carbonyl (C=O) groups excluding carboxylic acids is 1. The fourth-order valence-electron chi connectivity index (χ4n) is 3.03. The van der Waals surface area contributed by atoms with Crippen molar-refractivity contribution >= 4 is 11.9 Å². The van der Waals surface area contributed by atoms with Crippen LogP contribution in [0.25, 0.3) is 0 Å². The Hall–Kier alpha value is -1.27. The molecule has 2 heterocycles. The summed E-state index contributed by atoms with van der Waals surface area (Å²) in [5, 5.41) is 9.04. The summed E-state index contributed by atoms with van der Waals surface area (Å²) in [5.41, 5.74) is -2.05. The van der Waals surface area contributed by atoms with Gasteiger partial charge in [0.25, 0.3) is 0 Å². The van der Waals surface area contributed by atoms with E-state index in [1.165, 1.54) is 0 Å². The van der Waals surface area contributed by atoms with Gasteiger partial charge in [-0.05, 0) is 24.7 Å². The molecule has 2 aliphatic heterocycles. The Morgan fingerprint density at radius 1 is 1.35 bits per heavy atom. The SMILES string of the molecule is CCC12CN(C(=O)C(F)(F)F)C(C(=O)O)(C1)C2. The summed E-state index contributed by atoms with van der Waals surface area (Å²) in [5.74, 6) is -3.37. The molecule has 0 unspecified atom stereocenters. The molecule has 3 aliphatic rings. The lowest BCUT2D eigenvalue weighted by Crippen LogP contribution is -2.58. The van der Waals surface area contributed by atoms with Crippen molar-refractivity contribution in [2.75, 3.05) is 6.54 Å². The molecule has 0 aromatic rings. The van der Waals surface area contributed by atoms with Gasteiger partial charge in [0.15, 0.2) is 0 Å². The number of rotatable bonds is 2. The van der Waals surface area contributed by atoms with E-state index < -0.39 is 29.0 Å². The third kappa shape index (κ3) is 1.44. The number of nitrogens with zero attached hydrogens (tertiary/aromatic N) is 1. The van der Waals surface area contributed by atoms with Crippen LogP contribution in [0.5, 0.6) is 0 Å². The van der Waals surface area contributed by atoms with Gasteiger partial charge in [-0.3, -0.25) is 4.79 Å². The largest absolute Gasteiger partial charge is 0.479 e. The number of fused-ring (bicyclic) bond motifs is 1. The summed E-state index contributed by atoms with van der Waals surface area (Å²) >= 11 is 0. The molecule has 1 saturated carbocycles. The van der Waals surface area contributed by atoms with Gasteiger partial charge in [0.1, 0.15) is 5.54 Å². The monoisotopic (exact) mass is 251 g/mol. The molecular weight excluding hydrogens is 239 g/mol. The minimum absolute atomic E-state index is 0.103. The maximum absolute atomic E-state index is 12.4. The molecule has 0 spiro atoms. The lowest BCUT2D eigenvalue weighted by Gasteiger charge is -2.44. The van der Waals surface area contributed by atoms with E-state index in [2.05, 4.69) is 0 Å². The van der Waals surface area contributed by atoms with Crippen molar-refractivity contribution in [1.82, 2.24) is 4.90 Å². The van der Waals surface area contributed by atoms with Gasteiger partial charge in [0.05, 0.1) is 0 Å². The summed E-state index contributed by atoms with van der Waals surface area (Å²) < 4.78 is 37.1. The Labute approximate surface area is 95.4 Å². The quantitative estimate of drug-likeness (QED) is 0.807. The van der Waals surface area contributed by atoms with Crippen molar-refractivity contribution in [3.8, 4) is 0 Å². The maximum Gasteiger partial charge on any atom is 0.471 e. The second kappa shape index (κ2) is 3.14. The lowest BCUT2D eigenvalue weighted by molar-refractivity contribution is -0.192. The molecule has 2 saturated heterocycles. The van der Waals surface area contributed by atoms with Crippen molar-refractivity contribution in [1.29, 1.82) is 0 Å². The number of alkyl halides is 3. The fraction of sp³-hybridized carbons (Fsp3) is 0.800. The van der Waals surface area contributed by atoms with Crippen LogP contribution in [0.15, 0.2) is 0 Å². The van der Waals surface area contributed by atoms with Crippen molar-refractivity contribution in [3.05, 3.63) is 0 Å². The van der Waals surface area contributed by atoms with Crippen LogP contribution in [0, 0.1) is 5.41 Å². The molecule has 17 heavy (non-hydrogen) atoms. The first-order valence-electron chi connectivity index (χ1n) is 5.29. The second-order valence-electron chi connectivity index (χ2n) is 4.93. The van der Waals surface area contributed by atoms with Crippen LogP contribution in [0.1, 0.15) is 26.2 Å². The third-order valence-corrected chi connectivity index (χ3v) is 3.98. The number of carboxylic acid groups (broad SMARTS) is 1. The molecular formula is C10H12F3NO3. The van der Waals surface area contributed by atoms with Gasteiger partial charge in [0, 0.05) is 6.54 Å². The van der Waals surface area contributed by atoms with Crippen LogP contribution in [-0.2, 0) is 9.59 Å². The topological polar surface area (TPSA) is 57.6 Å². The van der Waals surface area contributed by atoms with Gasteiger partial charge < -0.3 is 10.0 Å². The molecule has 1 aliphatic carbocycles. The van der Waals surface area contributed by atoms with E-state index in [0.29, 0.717) is 11.3 Å². The van der Waals surface area contributed by atoms with Crippen LogP contribution in [0.2, 0.25) is 0 Å². The molecule has 3 rings (SSSR count). The lowest BCUT2D eigenvalue weighted by atomic mass is 9.60. The third-order valence-electron chi connectivity index (χ3n) is 3.98. The highest BCUT2D eigenvalue weighted by Gasteiger charge is 2.71. The van der Waals surface area contributed by atoms with E-state index in [9.17, 15) is 22.8 Å². The average molecular weight is 251 g/mol. The van der Waals surface area contributed by atoms with E-state index in [1.54, 1.807) is 6.92 Å². The van der Waals surface area contributed by atoms with Crippen molar-refractivity contribution in [2.24, 2.45) is 5.41 Å². The molecule has 4 nitrogen and oxygen atoms in total. The molecule has 0 aromatic heterocycles. The summed E-state index contributed by atoms with van der Waals surface area (Å²) in [6.45, 7) is 1.70. The van der Waals surface area contributed by atoms with Crippen molar-refractivity contribution in [3.63, 3.8) is 0 Å². The summed E-state index contributed by atoms with van der Waals surface area (Å²) in [6.07, 6.45) is -4.15. The van der Waals surface area contributed by atoms with E-state index in [0.717, 1.165) is 0 Å². The van der Waals surface area contributed by atoms with Gasteiger partial charge in [-0.1, -0.05) is 6.92 Å². The number of hydrogen-bond acceptors (Lipinski definition) is 2. The van der Waals surface area contributed by atoms with Gasteiger partial charge in [0.2, 0.25) is 0 Å². The first kappa shape index (κ1) is 12.2. The summed E-state index contributed by atoms with van der Waals surface area (Å²) in [4.78, 5) is 22.8. The highest BCUT2D eigenvalue weighted by Crippen LogP contribution is 2.61. The number of hydrogen-bond donors (Lipinski definition) is 1. The number of amides is 1. The number of carbonyl (C=O) groups is 2. The van der Waals surface area contributed by atoms with Crippen LogP contribution >= 0.6 is 0 Å². The highest BCUT2D eigenvalue weighted by molar-refractivity contribution is 5.92. The van der Waals surface area contributed by atoms with Gasteiger partial charge >= 0.3 is 18.1 Å². The molecule has 1 amide bonds. The van der Waals surface area contributed by atoms with Gasteiger partial charge in [-0.2, -0.15) is 13.2 Å². The summed E-state index contributed by atoms with van der Waals surface area (Å²) in [6, 6.07) is 0. The zero-order chi connectivity index (χ0) is 13.1. The Bertz CT molecular complexity index is 385. The Morgan fingerprint density at radius 3 is 2.24 bits per heavy atom. The maximum atomic E-state index is 12.4. The molecule has 7 heteroatoms. The highest BCUT2D eigenvalue weighted by atomic mass is 19.4. The average Bonchev–Trinajstić information content (AvgIpc) is 2.65. The smallest absolute Gasteiger partial charge is 0.471 e. The van der Waals surface area contributed by atoms with Crippen molar-refractivity contribution in [2.45, 2.75) is 37.9 Å². The van der Waals surface area contributed by atoms with Gasteiger partial charge in [-0.25, -0.2) is 4.79 Å².